The van der Waals surface area contributed by atoms with Crippen molar-refractivity contribution in [3.63, 3.8) is 0 Å². The number of anilines is 1. The van der Waals surface area contributed by atoms with E-state index in [2.05, 4.69) is 198 Å². The Bertz CT molecular complexity index is 2390. The number of allylic oxidation sites excluding steroid dienone is 2. The second-order valence-electron chi connectivity index (χ2n) is 13.1. The molecule has 0 bridgehead atoms. The number of rotatable bonds is 5. The first kappa shape index (κ1) is 27.9. The molecule has 3 nitrogen and oxygen atoms in total. The van der Waals surface area contributed by atoms with Crippen LogP contribution in [0, 0.1) is 0 Å². The first-order valence-corrected chi connectivity index (χ1v) is 17.1. The number of amidine groups is 1. The van der Waals surface area contributed by atoms with Gasteiger partial charge in [-0.05, 0) is 70.3 Å². The van der Waals surface area contributed by atoms with Crippen LogP contribution in [0.2, 0.25) is 0 Å². The highest BCUT2D eigenvalue weighted by Crippen LogP contribution is 2.57. The Balaban J connectivity index is 1.14. The first-order chi connectivity index (χ1) is 24.3. The summed E-state index contributed by atoms with van der Waals surface area (Å²) in [6.45, 7) is 0. The summed E-state index contributed by atoms with van der Waals surface area (Å²) in [6.07, 6.45) is 10.9. The third kappa shape index (κ3) is 4.06. The number of benzene rings is 6. The lowest BCUT2D eigenvalue weighted by molar-refractivity contribution is 0.739. The van der Waals surface area contributed by atoms with Crippen LogP contribution in [-0.2, 0) is 5.41 Å². The summed E-state index contributed by atoms with van der Waals surface area (Å²) in [5, 5.41) is 1.23. The SMILES string of the molecule is C1=CC2N=C(c3ccc(-n4ccc5ccc6c(c54)-c4ccccc4C6(c4ccccc4)c4ccccc4)cc3)N(c3ccccc3)C2C=C1. The number of aromatic nitrogens is 1. The fourth-order valence-electron chi connectivity index (χ4n) is 8.52. The predicted molar refractivity (Wildman–Crippen MR) is 202 cm³/mol. The average molecular weight is 628 g/mol. The largest absolute Gasteiger partial charge is 0.317 e. The summed E-state index contributed by atoms with van der Waals surface area (Å²) < 4.78 is 2.37. The fraction of sp³-hybridized carbons (Fsp3) is 0.0652. The van der Waals surface area contributed by atoms with Gasteiger partial charge in [0, 0.05) is 34.1 Å². The number of aliphatic imine (C=N–C) groups is 1. The Hall–Kier alpha value is -6.19. The minimum absolute atomic E-state index is 0.102. The average Bonchev–Trinajstić information content (AvgIpc) is 3.87. The van der Waals surface area contributed by atoms with Gasteiger partial charge in [-0.1, -0.05) is 140 Å². The van der Waals surface area contributed by atoms with Crippen LogP contribution in [0.1, 0.15) is 27.8 Å². The Morgan fingerprint density at radius 1 is 0.531 bits per heavy atom. The monoisotopic (exact) mass is 627 g/mol. The summed E-state index contributed by atoms with van der Waals surface area (Å²) in [4.78, 5) is 7.60. The molecule has 7 aromatic rings. The minimum atomic E-state index is -0.428. The van der Waals surface area contributed by atoms with Crippen LogP contribution in [0.4, 0.5) is 5.69 Å². The molecule has 0 radical (unpaired) electrons. The van der Waals surface area contributed by atoms with Crippen LogP contribution in [0.5, 0.6) is 0 Å². The van der Waals surface area contributed by atoms with Crippen LogP contribution >= 0.6 is 0 Å². The normalized spacial score (nSPS) is 18.3. The quantitative estimate of drug-likeness (QED) is 0.186. The Morgan fingerprint density at radius 2 is 1.18 bits per heavy atom. The van der Waals surface area contributed by atoms with Gasteiger partial charge in [-0.2, -0.15) is 0 Å². The van der Waals surface area contributed by atoms with Crippen LogP contribution in [-0.4, -0.2) is 22.5 Å². The van der Waals surface area contributed by atoms with Crippen molar-refractivity contribution in [2.75, 3.05) is 4.90 Å². The molecular weight excluding hydrogens is 595 g/mol. The topological polar surface area (TPSA) is 20.5 Å². The van der Waals surface area contributed by atoms with E-state index in [9.17, 15) is 0 Å². The second-order valence-corrected chi connectivity index (χ2v) is 13.1. The van der Waals surface area contributed by atoms with E-state index in [4.69, 9.17) is 4.99 Å². The van der Waals surface area contributed by atoms with Crippen molar-refractivity contribution < 1.29 is 0 Å². The fourth-order valence-corrected chi connectivity index (χ4v) is 8.52. The molecule has 0 saturated heterocycles. The van der Waals surface area contributed by atoms with Gasteiger partial charge in [-0.25, -0.2) is 0 Å². The number of hydrogen-bond donors (Lipinski definition) is 0. The van der Waals surface area contributed by atoms with Crippen molar-refractivity contribution in [1.82, 2.24) is 4.57 Å². The number of para-hydroxylation sites is 1. The van der Waals surface area contributed by atoms with Crippen molar-refractivity contribution >= 4 is 22.4 Å². The van der Waals surface area contributed by atoms with Gasteiger partial charge in [0.25, 0.3) is 0 Å². The highest BCUT2D eigenvalue weighted by Gasteiger charge is 2.47. The second kappa shape index (κ2) is 10.9. The molecule has 2 atom stereocenters. The van der Waals surface area contributed by atoms with E-state index in [1.807, 2.05) is 0 Å². The van der Waals surface area contributed by atoms with Gasteiger partial charge < -0.3 is 9.47 Å². The van der Waals surface area contributed by atoms with E-state index in [1.54, 1.807) is 0 Å². The molecule has 3 aliphatic rings. The maximum absolute atomic E-state index is 5.22. The summed E-state index contributed by atoms with van der Waals surface area (Å²) in [5.41, 5.74) is 12.0. The zero-order chi connectivity index (χ0) is 32.4. The van der Waals surface area contributed by atoms with Crippen molar-refractivity contribution in [3.05, 3.63) is 216 Å². The molecular formula is C46H33N3. The van der Waals surface area contributed by atoms with E-state index in [-0.39, 0.29) is 12.1 Å². The summed E-state index contributed by atoms with van der Waals surface area (Å²) >= 11 is 0. The van der Waals surface area contributed by atoms with Gasteiger partial charge in [0.05, 0.1) is 23.0 Å². The molecule has 2 heterocycles. The molecule has 0 N–H and O–H groups in total. The smallest absolute Gasteiger partial charge is 0.136 e. The molecule has 49 heavy (non-hydrogen) atoms. The maximum atomic E-state index is 5.22. The van der Waals surface area contributed by atoms with Gasteiger partial charge in [-0.15, -0.1) is 0 Å². The zero-order valence-corrected chi connectivity index (χ0v) is 26.9. The highest BCUT2D eigenvalue weighted by atomic mass is 15.3. The lowest BCUT2D eigenvalue weighted by atomic mass is 9.67. The zero-order valence-electron chi connectivity index (χ0n) is 26.9. The predicted octanol–water partition coefficient (Wildman–Crippen LogP) is 10.1. The van der Waals surface area contributed by atoms with E-state index in [0.29, 0.717) is 0 Å². The lowest BCUT2D eigenvalue weighted by Gasteiger charge is -2.33. The molecule has 0 saturated carbocycles. The molecule has 0 spiro atoms. The van der Waals surface area contributed by atoms with E-state index in [0.717, 1.165) is 22.8 Å². The van der Waals surface area contributed by atoms with Crippen LogP contribution < -0.4 is 4.90 Å². The van der Waals surface area contributed by atoms with E-state index in [1.165, 1.54) is 44.3 Å². The summed E-state index contributed by atoms with van der Waals surface area (Å²) in [7, 11) is 0. The van der Waals surface area contributed by atoms with Crippen molar-refractivity contribution in [1.29, 1.82) is 0 Å². The Kier molecular flexibility index (Phi) is 6.22. The molecule has 0 amide bonds. The lowest BCUT2D eigenvalue weighted by Crippen LogP contribution is -2.39. The molecule has 0 fully saturated rings. The molecule has 3 heteroatoms. The molecule has 1 aliphatic heterocycles. The van der Waals surface area contributed by atoms with Crippen LogP contribution in [0.15, 0.2) is 193 Å². The molecule has 10 rings (SSSR count). The van der Waals surface area contributed by atoms with Gasteiger partial charge in [-0.3, -0.25) is 4.99 Å². The third-order valence-electron chi connectivity index (χ3n) is 10.6. The first-order valence-electron chi connectivity index (χ1n) is 17.1. The number of hydrogen-bond acceptors (Lipinski definition) is 2. The maximum Gasteiger partial charge on any atom is 0.136 e. The van der Waals surface area contributed by atoms with Gasteiger partial charge in [0.1, 0.15) is 5.84 Å². The molecule has 2 aliphatic carbocycles. The van der Waals surface area contributed by atoms with Crippen molar-refractivity contribution in [2.24, 2.45) is 4.99 Å². The van der Waals surface area contributed by atoms with Gasteiger partial charge >= 0.3 is 0 Å². The van der Waals surface area contributed by atoms with E-state index >= 15 is 0 Å². The molecule has 1 aromatic heterocycles. The molecule has 2 unspecified atom stereocenters. The summed E-state index contributed by atoms with van der Waals surface area (Å²) in [5.74, 6) is 1.01. The highest BCUT2D eigenvalue weighted by molar-refractivity contribution is 6.12. The van der Waals surface area contributed by atoms with Crippen LogP contribution in [0.25, 0.3) is 27.7 Å². The third-order valence-corrected chi connectivity index (χ3v) is 10.6. The standard InChI is InChI=1S/C46H33N3/c1-4-14-34(15-5-1)46(35-16-6-2-7-17-35)39-21-11-10-20-38(39)43-40(46)29-26-32-30-31-48(44(32)43)36-27-24-33(25-28-36)45-47-41-22-12-13-23-42(41)49(45)37-18-8-3-9-19-37/h1-31,41-42H. The van der Waals surface area contributed by atoms with Crippen LogP contribution in [0.3, 0.4) is 0 Å². The number of nitrogens with zero attached hydrogens (tertiary/aromatic N) is 3. The van der Waals surface area contributed by atoms with Gasteiger partial charge in [0.2, 0.25) is 0 Å². The Morgan fingerprint density at radius 3 is 1.92 bits per heavy atom. The van der Waals surface area contributed by atoms with E-state index < -0.39 is 5.41 Å². The number of fused-ring (bicyclic) bond motifs is 6. The molecule has 6 aromatic carbocycles. The summed E-state index contributed by atoms with van der Waals surface area (Å²) in [6, 6.07) is 57.8. The van der Waals surface area contributed by atoms with Gasteiger partial charge in [0.15, 0.2) is 0 Å². The van der Waals surface area contributed by atoms with Crippen molar-refractivity contribution in [2.45, 2.75) is 17.5 Å². The minimum Gasteiger partial charge on any atom is -0.317 e. The molecule has 232 valence electrons. The van der Waals surface area contributed by atoms with Crippen molar-refractivity contribution in [3.8, 4) is 16.8 Å². The Labute approximate surface area is 286 Å².